The van der Waals surface area contributed by atoms with Crippen molar-refractivity contribution in [1.82, 2.24) is 8.87 Å². The Morgan fingerprint density at radius 3 is 2.83 bits per heavy atom. The first-order valence-corrected chi connectivity index (χ1v) is 6.86. The molecule has 5 heteroatoms. The van der Waals surface area contributed by atoms with E-state index in [1.807, 2.05) is 18.0 Å². The fourth-order valence-corrected chi connectivity index (χ4v) is 3.10. The van der Waals surface area contributed by atoms with Gasteiger partial charge in [0.25, 0.3) is 0 Å². The molecule has 0 saturated carbocycles. The largest absolute Gasteiger partial charge is 0.405 e. The first-order valence-electron chi connectivity index (χ1n) is 6.09. The third kappa shape index (κ3) is 2.79. The van der Waals surface area contributed by atoms with Crippen LogP contribution in [-0.4, -0.2) is 34.2 Å². The highest BCUT2D eigenvalue weighted by atomic mass is 32.2. The Labute approximate surface area is 113 Å². The Bertz CT molecular complexity index is 487. The number of aryl methyl sites for hydroxylation is 1. The average molecular weight is 264 g/mol. The molecule has 0 saturated heterocycles. The van der Waals surface area contributed by atoms with E-state index in [-0.39, 0.29) is 0 Å². The molecule has 1 aromatic rings. The van der Waals surface area contributed by atoms with Gasteiger partial charge < -0.3 is 10.3 Å². The van der Waals surface area contributed by atoms with Crippen molar-refractivity contribution in [1.29, 1.82) is 0 Å². The Morgan fingerprint density at radius 2 is 2.22 bits per heavy atom. The Balaban J connectivity index is 2.06. The molecule has 2 heterocycles. The quantitative estimate of drug-likeness (QED) is 0.848. The third-order valence-corrected chi connectivity index (χ3v) is 4.43. The number of nitrogens with two attached hydrogens (primary N) is 1. The minimum Gasteiger partial charge on any atom is -0.405 e. The molecule has 0 aromatic carbocycles. The van der Waals surface area contributed by atoms with Crippen molar-refractivity contribution in [2.45, 2.75) is 18.7 Å². The third-order valence-electron chi connectivity index (χ3n) is 3.25. The zero-order valence-corrected chi connectivity index (χ0v) is 12.0. The van der Waals surface area contributed by atoms with Gasteiger partial charge in [-0.15, -0.1) is 0 Å². The van der Waals surface area contributed by atoms with Gasteiger partial charge in [0.05, 0.1) is 18.8 Å². The van der Waals surface area contributed by atoms with Crippen LogP contribution in [0.5, 0.6) is 0 Å². The molecule has 98 valence electrons. The van der Waals surface area contributed by atoms with Crippen molar-refractivity contribution >= 4 is 17.7 Å². The zero-order chi connectivity index (χ0) is 13.1. The van der Waals surface area contributed by atoms with E-state index in [9.17, 15) is 0 Å². The maximum Gasteiger partial charge on any atom is 0.0530 e. The van der Waals surface area contributed by atoms with Gasteiger partial charge in [0.15, 0.2) is 0 Å². The van der Waals surface area contributed by atoms with Gasteiger partial charge in [0.2, 0.25) is 0 Å². The molecule has 0 bridgehead atoms. The Morgan fingerprint density at radius 1 is 1.44 bits per heavy atom. The molecule has 0 fully saturated rings. The highest BCUT2D eigenvalue weighted by Crippen LogP contribution is 2.28. The lowest BCUT2D eigenvalue weighted by Gasteiger charge is -2.24. The van der Waals surface area contributed by atoms with Gasteiger partial charge in [-0.25, -0.2) is 4.31 Å². The predicted molar refractivity (Wildman–Crippen MR) is 77.9 cm³/mol. The molecule has 0 atom stereocenters. The van der Waals surface area contributed by atoms with Crippen LogP contribution < -0.4 is 5.73 Å². The normalized spacial score (nSPS) is 17.4. The van der Waals surface area contributed by atoms with Crippen molar-refractivity contribution in [3.8, 4) is 0 Å². The SMILES string of the molecule is Cc1cc(SN2CCN=C(/C=C\N)C2)c(C)n1C. The van der Waals surface area contributed by atoms with Crippen molar-refractivity contribution < 1.29 is 0 Å². The van der Waals surface area contributed by atoms with Crippen LogP contribution in [0.25, 0.3) is 0 Å². The van der Waals surface area contributed by atoms with E-state index in [4.69, 9.17) is 5.73 Å². The van der Waals surface area contributed by atoms with Crippen LogP contribution in [0.4, 0.5) is 0 Å². The van der Waals surface area contributed by atoms with Crippen LogP contribution >= 0.6 is 11.9 Å². The highest BCUT2D eigenvalue weighted by molar-refractivity contribution is 7.97. The predicted octanol–water partition coefficient (Wildman–Crippen LogP) is 1.88. The second-order valence-corrected chi connectivity index (χ2v) is 5.62. The molecule has 0 amide bonds. The van der Waals surface area contributed by atoms with Gasteiger partial charge in [-0.05, 0) is 44.1 Å². The molecule has 18 heavy (non-hydrogen) atoms. The molecule has 0 radical (unpaired) electrons. The summed E-state index contributed by atoms with van der Waals surface area (Å²) >= 11 is 1.81. The standard InChI is InChI=1S/C13H20N4S/c1-10-8-13(11(2)16(10)3)18-17-7-6-15-12(9-17)4-5-14/h4-5,8H,6-7,9,14H2,1-3H3/b5-4-. The molecule has 1 aliphatic rings. The number of rotatable bonds is 3. The lowest BCUT2D eigenvalue weighted by molar-refractivity contribution is 0.525. The molecular weight excluding hydrogens is 244 g/mol. The van der Waals surface area contributed by atoms with E-state index in [0.29, 0.717) is 0 Å². The number of hydrogen-bond donors (Lipinski definition) is 1. The fraction of sp³-hybridized carbons (Fsp3) is 0.462. The Hall–Kier alpha value is -1.20. The first kappa shape index (κ1) is 13.2. The zero-order valence-electron chi connectivity index (χ0n) is 11.2. The van der Waals surface area contributed by atoms with Crippen LogP contribution in [0.2, 0.25) is 0 Å². The van der Waals surface area contributed by atoms with E-state index in [2.05, 4.69) is 40.8 Å². The molecule has 4 nitrogen and oxygen atoms in total. The van der Waals surface area contributed by atoms with Crippen LogP contribution in [-0.2, 0) is 7.05 Å². The van der Waals surface area contributed by atoms with Crippen molar-refractivity contribution in [2.75, 3.05) is 19.6 Å². The van der Waals surface area contributed by atoms with E-state index in [0.717, 1.165) is 25.3 Å². The molecule has 0 spiro atoms. The van der Waals surface area contributed by atoms with Crippen LogP contribution in [0.3, 0.4) is 0 Å². The van der Waals surface area contributed by atoms with Crippen molar-refractivity contribution in [3.63, 3.8) is 0 Å². The maximum absolute atomic E-state index is 5.41. The molecule has 2 N–H and O–H groups in total. The molecule has 1 aromatic heterocycles. The van der Waals surface area contributed by atoms with Crippen LogP contribution in [0.15, 0.2) is 28.2 Å². The number of hydrogen-bond acceptors (Lipinski definition) is 4. The molecule has 0 unspecified atom stereocenters. The van der Waals surface area contributed by atoms with Gasteiger partial charge in [-0.2, -0.15) is 0 Å². The smallest absolute Gasteiger partial charge is 0.0530 e. The van der Waals surface area contributed by atoms with Crippen LogP contribution in [0.1, 0.15) is 11.4 Å². The summed E-state index contributed by atoms with van der Waals surface area (Å²) in [7, 11) is 2.11. The molecule has 2 rings (SSSR count). The number of aromatic nitrogens is 1. The van der Waals surface area contributed by atoms with Gasteiger partial charge in [0.1, 0.15) is 0 Å². The summed E-state index contributed by atoms with van der Waals surface area (Å²) in [6.07, 6.45) is 3.45. The fourth-order valence-electron chi connectivity index (χ4n) is 1.96. The summed E-state index contributed by atoms with van der Waals surface area (Å²) < 4.78 is 4.56. The maximum atomic E-state index is 5.41. The minimum atomic E-state index is 0.845. The summed E-state index contributed by atoms with van der Waals surface area (Å²) in [5.41, 5.74) is 9.08. The molecular formula is C13H20N4S. The van der Waals surface area contributed by atoms with E-state index >= 15 is 0 Å². The van der Waals surface area contributed by atoms with Crippen molar-refractivity contribution in [3.05, 3.63) is 29.7 Å². The second-order valence-electron chi connectivity index (χ2n) is 4.48. The average Bonchev–Trinajstić information content (AvgIpc) is 2.58. The summed E-state index contributed by atoms with van der Waals surface area (Å²) in [4.78, 5) is 5.77. The van der Waals surface area contributed by atoms with E-state index in [1.54, 1.807) is 6.20 Å². The summed E-state index contributed by atoms with van der Waals surface area (Å²) in [5, 5.41) is 0. The topological polar surface area (TPSA) is 46.5 Å². The summed E-state index contributed by atoms with van der Waals surface area (Å²) in [6.45, 7) is 6.98. The first-order chi connectivity index (χ1) is 8.61. The van der Waals surface area contributed by atoms with Crippen LogP contribution in [0, 0.1) is 13.8 Å². The van der Waals surface area contributed by atoms with E-state index in [1.165, 1.54) is 16.3 Å². The van der Waals surface area contributed by atoms with E-state index < -0.39 is 0 Å². The summed E-state index contributed by atoms with van der Waals surface area (Å²) in [5.74, 6) is 0. The highest BCUT2D eigenvalue weighted by Gasteiger charge is 2.16. The van der Waals surface area contributed by atoms with Gasteiger partial charge in [-0.3, -0.25) is 4.99 Å². The molecule has 0 aliphatic carbocycles. The van der Waals surface area contributed by atoms with Crippen molar-refractivity contribution in [2.24, 2.45) is 17.8 Å². The summed E-state index contributed by atoms with van der Waals surface area (Å²) in [6, 6.07) is 2.24. The lowest BCUT2D eigenvalue weighted by Crippen LogP contribution is -2.30. The minimum absolute atomic E-state index is 0.845. The Kier molecular flexibility index (Phi) is 4.14. The number of nitrogens with zero attached hydrogens (tertiary/aromatic N) is 3. The van der Waals surface area contributed by atoms with Gasteiger partial charge in [0, 0.05) is 29.9 Å². The monoisotopic (exact) mass is 264 g/mol. The lowest BCUT2D eigenvalue weighted by atomic mass is 10.3. The van der Waals surface area contributed by atoms with Gasteiger partial charge >= 0.3 is 0 Å². The van der Waals surface area contributed by atoms with Gasteiger partial charge in [-0.1, -0.05) is 0 Å². The molecule has 1 aliphatic heterocycles. The number of aliphatic imine (C=N–C) groups is 1. The second kappa shape index (κ2) is 5.63.